The van der Waals surface area contributed by atoms with E-state index in [0.29, 0.717) is 0 Å². The zero-order chi connectivity index (χ0) is 21.5. The zero-order valence-electron chi connectivity index (χ0n) is 18.9. The van der Waals surface area contributed by atoms with E-state index >= 15 is 0 Å². The van der Waals surface area contributed by atoms with E-state index in [2.05, 4.69) is 46.3 Å². The van der Waals surface area contributed by atoms with Crippen LogP contribution < -0.4 is 5.32 Å². The van der Waals surface area contributed by atoms with Gasteiger partial charge in [-0.1, -0.05) is 24.3 Å². The molecule has 0 aliphatic carbocycles. The number of hydrogen-bond acceptors (Lipinski definition) is 4. The number of fused-ring (bicyclic) bond motifs is 1. The molecule has 0 bridgehead atoms. The molecule has 0 aromatic heterocycles. The molecule has 3 aliphatic heterocycles. The molecule has 1 unspecified atom stereocenters. The minimum atomic E-state index is -0.213. The largest absolute Gasteiger partial charge is 0.368 e. The van der Waals surface area contributed by atoms with Crippen LogP contribution in [0.2, 0.25) is 0 Å². The molecule has 2 saturated heterocycles. The van der Waals surface area contributed by atoms with Crippen molar-refractivity contribution in [3.8, 4) is 0 Å². The van der Waals surface area contributed by atoms with Gasteiger partial charge in [-0.15, -0.1) is 0 Å². The molecule has 0 radical (unpaired) electrons. The maximum Gasteiger partial charge on any atom is 0.251 e. The molecule has 7 heteroatoms. The fourth-order valence-electron chi connectivity index (χ4n) is 4.76. The van der Waals surface area contributed by atoms with Crippen molar-refractivity contribution in [3.63, 3.8) is 0 Å². The summed E-state index contributed by atoms with van der Waals surface area (Å²) in [4.78, 5) is 24.3. The van der Waals surface area contributed by atoms with Crippen LogP contribution in [0, 0.1) is 0 Å². The number of guanidine groups is 1. The van der Waals surface area contributed by atoms with Gasteiger partial charge in [-0.2, -0.15) is 0 Å². The number of carbonyl (C=O) groups is 1. The van der Waals surface area contributed by atoms with Crippen molar-refractivity contribution in [2.45, 2.75) is 45.3 Å². The molecule has 170 valence electrons. The molecular weight excluding hydrogens is 390 g/mol. The Morgan fingerprint density at radius 1 is 1.13 bits per heavy atom. The number of hydrogen-bond donors (Lipinski definition) is 1. The minimum absolute atomic E-state index is 0.169. The lowest BCUT2D eigenvalue weighted by Crippen LogP contribution is -2.55. The van der Waals surface area contributed by atoms with Crippen molar-refractivity contribution >= 4 is 11.9 Å². The molecule has 2 fully saturated rings. The summed E-state index contributed by atoms with van der Waals surface area (Å²) in [5, 5.41) is 3.44. The van der Waals surface area contributed by atoms with Gasteiger partial charge in [0.1, 0.15) is 6.10 Å². The van der Waals surface area contributed by atoms with Crippen molar-refractivity contribution in [2.75, 3.05) is 59.0 Å². The third-order valence-corrected chi connectivity index (χ3v) is 6.53. The van der Waals surface area contributed by atoms with Crippen LogP contribution in [0.4, 0.5) is 0 Å². The predicted octanol–water partition coefficient (Wildman–Crippen LogP) is 1.72. The van der Waals surface area contributed by atoms with Gasteiger partial charge in [0.15, 0.2) is 5.96 Å². The second-order valence-electron chi connectivity index (χ2n) is 8.70. The van der Waals surface area contributed by atoms with E-state index in [4.69, 9.17) is 9.73 Å². The number of nitrogens with zero attached hydrogens (tertiary/aromatic N) is 4. The van der Waals surface area contributed by atoms with Gasteiger partial charge in [0, 0.05) is 65.5 Å². The monoisotopic (exact) mass is 427 g/mol. The molecular formula is C24H37N5O2. The van der Waals surface area contributed by atoms with Crippen LogP contribution in [-0.2, 0) is 22.5 Å². The Hall–Kier alpha value is -2.12. The highest BCUT2D eigenvalue weighted by molar-refractivity contribution is 5.82. The lowest BCUT2D eigenvalue weighted by molar-refractivity contribution is -0.142. The van der Waals surface area contributed by atoms with Gasteiger partial charge in [0.05, 0.1) is 0 Å². The molecule has 3 aliphatic rings. The molecule has 1 aromatic carbocycles. The first-order valence-corrected chi connectivity index (χ1v) is 12.0. The maximum absolute atomic E-state index is 12.6. The van der Waals surface area contributed by atoms with E-state index < -0.39 is 0 Å². The number of nitrogens with one attached hydrogen (secondary N) is 1. The first kappa shape index (κ1) is 22.1. The number of ether oxygens (including phenoxy) is 1. The number of rotatable bonds is 6. The third kappa shape index (κ3) is 5.77. The van der Waals surface area contributed by atoms with Crippen LogP contribution in [0.5, 0.6) is 0 Å². The van der Waals surface area contributed by atoms with Gasteiger partial charge in [0.2, 0.25) is 0 Å². The number of benzene rings is 1. The quantitative estimate of drug-likeness (QED) is 0.426. The SMILES string of the molecule is CCNC(=NCCCN1CCc2ccccc2C1)N1CCN(C(=O)C2CCCO2)CC1. The topological polar surface area (TPSA) is 60.4 Å². The van der Waals surface area contributed by atoms with Gasteiger partial charge in [-0.3, -0.25) is 14.7 Å². The van der Waals surface area contributed by atoms with Crippen molar-refractivity contribution in [2.24, 2.45) is 4.99 Å². The predicted molar refractivity (Wildman–Crippen MR) is 123 cm³/mol. The van der Waals surface area contributed by atoms with Gasteiger partial charge < -0.3 is 19.9 Å². The summed E-state index contributed by atoms with van der Waals surface area (Å²) in [6, 6.07) is 8.80. The average molecular weight is 428 g/mol. The molecule has 4 rings (SSSR count). The molecule has 1 atom stereocenters. The van der Waals surface area contributed by atoms with E-state index in [0.717, 1.165) is 97.2 Å². The van der Waals surface area contributed by atoms with Crippen molar-refractivity contribution in [3.05, 3.63) is 35.4 Å². The number of aliphatic imine (C=N–C) groups is 1. The molecule has 3 heterocycles. The Morgan fingerprint density at radius 3 is 2.65 bits per heavy atom. The lowest BCUT2D eigenvalue weighted by atomic mass is 10.00. The highest BCUT2D eigenvalue weighted by Gasteiger charge is 2.30. The Balaban J connectivity index is 1.22. The van der Waals surface area contributed by atoms with Gasteiger partial charge >= 0.3 is 0 Å². The highest BCUT2D eigenvalue weighted by atomic mass is 16.5. The lowest BCUT2D eigenvalue weighted by Gasteiger charge is -2.37. The van der Waals surface area contributed by atoms with E-state index in [-0.39, 0.29) is 12.0 Å². The summed E-state index contributed by atoms with van der Waals surface area (Å²) < 4.78 is 5.57. The molecule has 0 spiro atoms. The summed E-state index contributed by atoms with van der Waals surface area (Å²) in [5.74, 6) is 1.15. The first-order chi connectivity index (χ1) is 15.2. The summed E-state index contributed by atoms with van der Waals surface area (Å²) in [6.45, 7) is 10.9. The Kier molecular flexibility index (Phi) is 7.81. The van der Waals surface area contributed by atoms with Crippen LogP contribution in [0.3, 0.4) is 0 Å². The maximum atomic E-state index is 12.6. The highest BCUT2D eigenvalue weighted by Crippen LogP contribution is 2.18. The van der Waals surface area contributed by atoms with Crippen molar-refractivity contribution in [1.29, 1.82) is 0 Å². The number of carbonyl (C=O) groups excluding carboxylic acids is 1. The van der Waals surface area contributed by atoms with Gasteiger partial charge in [-0.25, -0.2) is 0 Å². The fourth-order valence-corrected chi connectivity index (χ4v) is 4.76. The number of amides is 1. The van der Waals surface area contributed by atoms with Gasteiger partial charge in [0.25, 0.3) is 5.91 Å². The van der Waals surface area contributed by atoms with Gasteiger partial charge in [-0.05, 0) is 43.7 Å². The Labute approximate surface area is 186 Å². The fraction of sp³-hybridized carbons (Fsp3) is 0.667. The third-order valence-electron chi connectivity index (χ3n) is 6.53. The average Bonchev–Trinajstić information content (AvgIpc) is 3.36. The van der Waals surface area contributed by atoms with Crippen molar-refractivity contribution in [1.82, 2.24) is 20.0 Å². The second kappa shape index (κ2) is 11.0. The summed E-state index contributed by atoms with van der Waals surface area (Å²) in [7, 11) is 0. The summed E-state index contributed by atoms with van der Waals surface area (Å²) in [5.41, 5.74) is 2.98. The van der Waals surface area contributed by atoms with E-state index in [1.165, 1.54) is 11.1 Å². The summed E-state index contributed by atoms with van der Waals surface area (Å²) >= 11 is 0. The van der Waals surface area contributed by atoms with Crippen molar-refractivity contribution < 1.29 is 9.53 Å². The molecule has 1 N–H and O–H groups in total. The van der Waals surface area contributed by atoms with Crippen LogP contribution >= 0.6 is 0 Å². The Bertz CT molecular complexity index is 754. The van der Waals surface area contributed by atoms with Crippen LogP contribution in [-0.4, -0.2) is 91.6 Å². The summed E-state index contributed by atoms with van der Waals surface area (Å²) in [6.07, 6.45) is 3.87. The van der Waals surface area contributed by atoms with Crippen LogP contribution in [0.15, 0.2) is 29.3 Å². The molecule has 1 amide bonds. The Morgan fingerprint density at radius 2 is 1.90 bits per heavy atom. The van der Waals surface area contributed by atoms with Crippen LogP contribution in [0.25, 0.3) is 0 Å². The normalized spacial score (nSPS) is 22.5. The smallest absolute Gasteiger partial charge is 0.251 e. The first-order valence-electron chi connectivity index (χ1n) is 12.0. The van der Waals surface area contributed by atoms with E-state index in [1.807, 2.05) is 4.90 Å². The molecule has 31 heavy (non-hydrogen) atoms. The standard InChI is InChI=1S/C24H37N5O2/c1-2-25-24(29-16-14-28(15-17-29)23(30)22-9-5-18-31-22)26-11-6-12-27-13-10-20-7-3-4-8-21(20)19-27/h3-4,7-8,22H,2,5-6,9-19H2,1H3,(H,25,26). The second-order valence-corrected chi connectivity index (χ2v) is 8.70. The minimum Gasteiger partial charge on any atom is -0.368 e. The van der Waals surface area contributed by atoms with Crippen LogP contribution in [0.1, 0.15) is 37.3 Å². The molecule has 0 saturated carbocycles. The van der Waals surface area contributed by atoms with E-state index in [9.17, 15) is 4.79 Å². The van der Waals surface area contributed by atoms with E-state index in [1.54, 1.807) is 0 Å². The zero-order valence-corrected chi connectivity index (χ0v) is 18.9. The molecule has 7 nitrogen and oxygen atoms in total. The molecule has 1 aromatic rings. The number of piperazine rings is 1.